The fourth-order valence-electron chi connectivity index (χ4n) is 5.89. The van der Waals surface area contributed by atoms with Crippen LogP contribution in [0.2, 0.25) is 0 Å². The van der Waals surface area contributed by atoms with Gasteiger partial charge in [0.05, 0.1) is 37.4 Å². The summed E-state index contributed by atoms with van der Waals surface area (Å²) in [7, 11) is 0. The average molecular weight is 1060 g/mol. The third kappa shape index (κ3) is 24.7. The van der Waals surface area contributed by atoms with Gasteiger partial charge in [-0.15, -0.1) is 0 Å². The Labute approximate surface area is 398 Å². The molecular formula is C43H69F13O14. The maximum atomic E-state index is 14.1. The van der Waals surface area contributed by atoms with E-state index in [0.29, 0.717) is 105 Å². The molecule has 0 aromatic rings. The molecule has 0 aromatic carbocycles. The predicted octanol–water partition coefficient (Wildman–Crippen LogP) is 8.57. The van der Waals surface area contributed by atoms with Crippen LogP contribution in [0.3, 0.4) is 0 Å². The standard InChI is InChI=1S/C43H69F13O14/c1-3-33(35(58)59)31-34(30-32(2)36(60)70-29-12-38(44,45)39(46,47)40(48,49)41(50,51)42(52,53)43(54,55)56)37(61)69-28-11-27-68-26-10-25-67-24-9-23-66-22-8-21-65-20-7-19-64-18-6-17-63-16-5-15-62-14-4-13-57/h32-34,57H,3-31H2,1-2H3,(H,58,59). The van der Waals surface area contributed by atoms with Crippen LogP contribution in [-0.2, 0) is 57.0 Å². The molecule has 0 aliphatic rings. The van der Waals surface area contributed by atoms with Gasteiger partial charge >= 0.3 is 53.7 Å². The van der Waals surface area contributed by atoms with Crippen LogP contribution >= 0.6 is 0 Å². The van der Waals surface area contributed by atoms with Crippen molar-refractivity contribution in [3.8, 4) is 0 Å². The number of aliphatic hydroxyl groups excluding tert-OH is 1. The molecule has 3 atom stereocenters. The van der Waals surface area contributed by atoms with E-state index in [9.17, 15) is 76.6 Å². The van der Waals surface area contributed by atoms with Crippen molar-refractivity contribution < 1.29 is 124 Å². The third-order valence-corrected chi connectivity index (χ3v) is 10.0. The highest BCUT2D eigenvalue weighted by Gasteiger charge is 2.90. The molecule has 0 rings (SSSR count). The normalized spacial score (nSPS) is 14.4. The Morgan fingerprint density at radius 1 is 0.429 bits per heavy atom. The van der Waals surface area contributed by atoms with Gasteiger partial charge < -0.3 is 52.8 Å². The van der Waals surface area contributed by atoms with E-state index in [1.165, 1.54) is 6.92 Å². The summed E-state index contributed by atoms with van der Waals surface area (Å²) in [6.07, 6.45) is -6.18. The summed E-state index contributed by atoms with van der Waals surface area (Å²) in [6, 6.07) is 0. The van der Waals surface area contributed by atoms with E-state index in [4.69, 9.17) is 43.0 Å². The molecule has 416 valence electrons. The van der Waals surface area contributed by atoms with Gasteiger partial charge in [-0.05, 0) is 64.2 Å². The molecule has 70 heavy (non-hydrogen) atoms. The number of halogens is 13. The smallest absolute Gasteiger partial charge is 0.460 e. The van der Waals surface area contributed by atoms with Gasteiger partial charge in [0.25, 0.3) is 0 Å². The van der Waals surface area contributed by atoms with E-state index >= 15 is 0 Å². The topological polar surface area (TPSA) is 175 Å². The number of hydrogen-bond acceptors (Lipinski definition) is 13. The zero-order valence-electron chi connectivity index (χ0n) is 39.4. The summed E-state index contributed by atoms with van der Waals surface area (Å²) < 4.78 is 222. The van der Waals surface area contributed by atoms with Crippen molar-refractivity contribution in [3.05, 3.63) is 0 Å². The molecule has 27 heteroatoms. The molecule has 0 radical (unpaired) electrons. The molecule has 14 nitrogen and oxygen atoms in total. The van der Waals surface area contributed by atoms with Gasteiger partial charge in [-0.3, -0.25) is 14.4 Å². The Hall–Kier alpha value is -2.82. The minimum absolute atomic E-state index is 0.00905. The minimum Gasteiger partial charge on any atom is -0.481 e. The number of aliphatic carboxylic acids is 1. The van der Waals surface area contributed by atoms with Gasteiger partial charge in [0.1, 0.15) is 0 Å². The lowest BCUT2D eigenvalue weighted by Gasteiger charge is -2.39. The van der Waals surface area contributed by atoms with Gasteiger partial charge in [0.2, 0.25) is 0 Å². The second-order valence-electron chi connectivity index (χ2n) is 15.9. The maximum Gasteiger partial charge on any atom is 0.460 e. The van der Waals surface area contributed by atoms with Crippen LogP contribution < -0.4 is 0 Å². The first-order valence-corrected chi connectivity index (χ1v) is 22.9. The van der Waals surface area contributed by atoms with Crippen LogP contribution in [0.25, 0.3) is 0 Å². The molecule has 2 N–H and O–H groups in total. The Morgan fingerprint density at radius 3 is 1.09 bits per heavy atom. The lowest BCUT2D eigenvalue weighted by Crippen LogP contribution is -2.70. The molecule has 3 unspecified atom stereocenters. The van der Waals surface area contributed by atoms with E-state index in [2.05, 4.69) is 4.74 Å². The van der Waals surface area contributed by atoms with Crippen LogP contribution in [0.1, 0.15) is 90.9 Å². The van der Waals surface area contributed by atoms with Crippen molar-refractivity contribution in [2.75, 3.05) is 112 Å². The van der Waals surface area contributed by atoms with E-state index in [1.54, 1.807) is 0 Å². The maximum absolute atomic E-state index is 14.1. The number of carboxylic acid groups (broad SMARTS) is 1. The summed E-state index contributed by atoms with van der Waals surface area (Å²) in [5.74, 6) is -45.9. The Balaban J connectivity index is 4.37. The quantitative estimate of drug-likeness (QED) is 0.0337. The van der Waals surface area contributed by atoms with Crippen molar-refractivity contribution in [2.24, 2.45) is 17.8 Å². The third-order valence-electron chi connectivity index (χ3n) is 10.0. The molecular weight excluding hydrogens is 987 g/mol. The number of ether oxygens (including phenoxy) is 9. The van der Waals surface area contributed by atoms with Crippen LogP contribution in [0.4, 0.5) is 57.1 Å². The fraction of sp³-hybridized carbons (Fsp3) is 0.930. The molecule has 0 fully saturated rings. The van der Waals surface area contributed by atoms with Gasteiger partial charge in [-0.1, -0.05) is 13.8 Å². The minimum atomic E-state index is -8.07. The summed E-state index contributed by atoms with van der Waals surface area (Å²) in [5.41, 5.74) is 0. The molecule has 0 aliphatic carbocycles. The largest absolute Gasteiger partial charge is 0.481 e. The van der Waals surface area contributed by atoms with Gasteiger partial charge in [0.15, 0.2) is 0 Å². The van der Waals surface area contributed by atoms with Gasteiger partial charge in [0, 0.05) is 106 Å². The molecule has 0 aliphatic heterocycles. The molecule has 0 amide bonds. The van der Waals surface area contributed by atoms with E-state index < -0.39 is 97.3 Å². The summed E-state index contributed by atoms with van der Waals surface area (Å²) >= 11 is 0. The first-order valence-electron chi connectivity index (χ1n) is 22.9. The Morgan fingerprint density at radius 2 is 0.757 bits per heavy atom. The van der Waals surface area contributed by atoms with Crippen LogP contribution in [0.5, 0.6) is 0 Å². The number of carbonyl (C=O) groups excluding carboxylic acids is 2. The second-order valence-corrected chi connectivity index (χ2v) is 15.9. The lowest BCUT2D eigenvalue weighted by molar-refractivity contribution is -0.440. The number of carboxylic acids is 1. The number of carbonyl (C=O) groups is 3. The SMILES string of the molecule is CCC(CC(CC(C)C(=O)OCCC(F)(F)C(F)(F)C(F)(F)C(F)(F)C(F)(F)C(F)(F)F)C(=O)OCCCOCCCOCCCOCCCOCCCOCCCOCCCOCCCO)C(=O)O. The highest BCUT2D eigenvalue weighted by molar-refractivity contribution is 5.77. The zero-order chi connectivity index (χ0) is 53.3. The number of aliphatic hydroxyl groups is 1. The van der Waals surface area contributed by atoms with E-state index in [0.717, 1.165) is 32.6 Å². The van der Waals surface area contributed by atoms with Crippen molar-refractivity contribution in [2.45, 2.75) is 127 Å². The number of alkyl halides is 13. The highest BCUT2D eigenvalue weighted by atomic mass is 19.4. The van der Waals surface area contributed by atoms with Crippen molar-refractivity contribution in [3.63, 3.8) is 0 Å². The number of rotatable bonds is 46. The van der Waals surface area contributed by atoms with Crippen LogP contribution in [0.15, 0.2) is 0 Å². The molecule has 0 saturated heterocycles. The first kappa shape index (κ1) is 67.2. The van der Waals surface area contributed by atoms with E-state index in [1.807, 2.05) is 0 Å². The summed E-state index contributed by atoms with van der Waals surface area (Å²) in [6.45, 7) is 7.48. The average Bonchev–Trinajstić information content (AvgIpc) is 3.28. The number of hydrogen-bond donors (Lipinski definition) is 2. The van der Waals surface area contributed by atoms with Crippen molar-refractivity contribution >= 4 is 17.9 Å². The van der Waals surface area contributed by atoms with Gasteiger partial charge in [-0.2, -0.15) is 57.1 Å². The number of esters is 2. The molecule has 0 heterocycles. The second kappa shape index (κ2) is 35.4. The highest BCUT2D eigenvalue weighted by Crippen LogP contribution is 2.60. The zero-order valence-corrected chi connectivity index (χ0v) is 39.4. The Bertz CT molecular complexity index is 1400. The summed E-state index contributed by atoms with van der Waals surface area (Å²) in [5, 5.41) is 18.1. The van der Waals surface area contributed by atoms with Crippen LogP contribution in [0, 0.1) is 17.8 Å². The van der Waals surface area contributed by atoms with Crippen LogP contribution in [-0.4, -0.2) is 176 Å². The molecule has 0 saturated carbocycles. The Kier molecular flexibility index (Phi) is 33.9. The van der Waals surface area contributed by atoms with Gasteiger partial charge in [-0.25, -0.2) is 0 Å². The van der Waals surface area contributed by atoms with E-state index in [-0.39, 0.29) is 32.7 Å². The lowest BCUT2D eigenvalue weighted by atomic mass is 9.86. The first-order chi connectivity index (χ1) is 32.8. The predicted molar refractivity (Wildman–Crippen MR) is 220 cm³/mol. The monoisotopic (exact) mass is 1060 g/mol. The summed E-state index contributed by atoms with van der Waals surface area (Å²) in [4.78, 5) is 37.0. The van der Waals surface area contributed by atoms with Crippen molar-refractivity contribution in [1.82, 2.24) is 0 Å². The van der Waals surface area contributed by atoms with Crippen molar-refractivity contribution in [1.29, 1.82) is 0 Å². The molecule has 0 bridgehead atoms. The molecule has 0 aromatic heterocycles. The fourth-order valence-corrected chi connectivity index (χ4v) is 5.89. The molecule has 0 spiro atoms.